The van der Waals surface area contributed by atoms with E-state index in [2.05, 4.69) is 9.97 Å². The van der Waals surface area contributed by atoms with Gasteiger partial charge in [-0.1, -0.05) is 6.92 Å². The minimum Gasteiger partial charge on any atom is -0.491 e. The first-order valence-electron chi connectivity index (χ1n) is 6.32. The van der Waals surface area contributed by atoms with E-state index in [0.717, 1.165) is 6.42 Å². The van der Waals surface area contributed by atoms with Gasteiger partial charge in [0.2, 0.25) is 5.95 Å². The van der Waals surface area contributed by atoms with Crippen molar-refractivity contribution in [1.29, 1.82) is 5.26 Å². The number of hydrogen-bond acceptors (Lipinski definition) is 6. The predicted octanol–water partition coefficient (Wildman–Crippen LogP) is 2.11. The van der Waals surface area contributed by atoms with E-state index in [1.807, 2.05) is 13.0 Å². The molecule has 0 atom stereocenters. The minimum atomic E-state index is -0.541. The van der Waals surface area contributed by atoms with Crippen molar-refractivity contribution in [2.45, 2.75) is 13.3 Å². The first kappa shape index (κ1) is 14.5. The molecule has 0 saturated carbocycles. The van der Waals surface area contributed by atoms with Crippen LogP contribution in [0, 0.1) is 17.1 Å². The maximum Gasteiger partial charge on any atom is 0.222 e. The van der Waals surface area contributed by atoms with Crippen molar-refractivity contribution >= 4 is 11.8 Å². The highest BCUT2D eigenvalue weighted by molar-refractivity contribution is 5.73. The molecule has 1 aromatic heterocycles. The van der Waals surface area contributed by atoms with Crippen LogP contribution in [0.25, 0.3) is 11.3 Å². The van der Waals surface area contributed by atoms with Gasteiger partial charge in [-0.15, -0.1) is 0 Å². The topological polar surface area (TPSA) is 111 Å². The summed E-state index contributed by atoms with van der Waals surface area (Å²) in [4.78, 5) is 7.68. The standard InChI is InChI=1S/C14H14FN5O/c1-2-5-21-11-4-3-8(6-10(11)15)12-9(7-16)13(17)20-14(18)19-12/h3-4,6H,2,5H2,1H3,(H4,17,18,19,20). The Hall–Kier alpha value is -2.88. The lowest BCUT2D eigenvalue weighted by atomic mass is 10.1. The second-order valence-corrected chi connectivity index (χ2v) is 4.30. The van der Waals surface area contributed by atoms with Gasteiger partial charge in [-0.05, 0) is 24.6 Å². The molecule has 0 unspecified atom stereocenters. The van der Waals surface area contributed by atoms with Crippen molar-refractivity contribution in [3.05, 3.63) is 29.6 Å². The molecule has 0 aliphatic rings. The first-order valence-corrected chi connectivity index (χ1v) is 6.32. The number of anilines is 2. The third-order valence-electron chi connectivity index (χ3n) is 2.73. The van der Waals surface area contributed by atoms with Crippen LogP contribution in [0.15, 0.2) is 18.2 Å². The Morgan fingerprint density at radius 2 is 2.10 bits per heavy atom. The van der Waals surface area contributed by atoms with Gasteiger partial charge in [-0.25, -0.2) is 9.37 Å². The average Bonchev–Trinajstić information content (AvgIpc) is 2.45. The van der Waals surface area contributed by atoms with Crippen LogP contribution in [-0.2, 0) is 0 Å². The third-order valence-corrected chi connectivity index (χ3v) is 2.73. The molecule has 7 heteroatoms. The second kappa shape index (κ2) is 6.05. The smallest absolute Gasteiger partial charge is 0.222 e. The summed E-state index contributed by atoms with van der Waals surface area (Å²) >= 11 is 0. The molecule has 21 heavy (non-hydrogen) atoms. The number of hydrogen-bond donors (Lipinski definition) is 2. The zero-order valence-electron chi connectivity index (χ0n) is 11.4. The monoisotopic (exact) mass is 287 g/mol. The van der Waals surface area contributed by atoms with Gasteiger partial charge in [0.05, 0.1) is 12.3 Å². The van der Waals surface area contributed by atoms with Crippen LogP contribution < -0.4 is 16.2 Å². The van der Waals surface area contributed by atoms with Gasteiger partial charge in [0.15, 0.2) is 11.6 Å². The van der Waals surface area contributed by atoms with Gasteiger partial charge in [0.25, 0.3) is 0 Å². The van der Waals surface area contributed by atoms with Crippen molar-refractivity contribution in [2.75, 3.05) is 18.1 Å². The van der Waals surface area contributed by atoms with Crippen LogP contribution in [0.3, 0.4) is 0 Å². The number of halogens is 1. The summed E-state index contributed by atoms with van der Waals surface area (Å²) in [6, 6.07) is 6.20. The molecule has 0 fully saturated rings. The quantitative estimate of drug-likeness (QED) is 0.890. The Bertz CT molecular complexity index is 711. The minimum absolute atomic E-state index is 0.0354. The van der Waals surface area contributed by atoms with E-state index < -0.39 is 5.82 Å². The lowest BCUT2D eigenvalue weighted by Crippen LogP contribution is -2.05. The van der Waals surface area contributed by atoms with E-state index in [-0.39, 0.29) is 28.8 Å². The fourth-order valence-electron chi connectivity index (χ4n) is 1.79. The number of ether oxygens (including phenoxy) is 1. The maximum absolute atomic E-state index is 14.0. The van der Waals surface area contributed by atoms with Crippen molar-refractivity contribution in [3.8, 4) is 23.1 Å². The summed E-state index contributed by atoms with van der Waals surface area (Å²) in [6.07, 6.45) is 0.777. The molecule has 108 valence electrons. The summed E-state index contributed by atoms with van der Waals surface area (Å²) in [5.41, 5.74) is 11.8. The summed E-state index contributed by atoms with van der Waals surface area (Å²) in [6.45, 7) is 2.35. The number of benzene rings is 1. The molecule has 0 amide bonds. The van der Waals surface area contributed by atoms with Gasteiger partial charge in [-0.2, -0.15) is 10.2 Å². The van der Waals surface area contributed by atoms with Crippen LogP contribution in [0.5, 0.6) is 5.75 Å². The Morgan fingerprint density at radius 3 is 2.71 bits per heavy atom. The molecule has 2 rings (SSSR count). The van der Waals surface area contributed by atoms with Gasteiger partial charge in [0.1, 0.15) is 17.5 Å². The molecule has 0 bridgehead atoms. The molecule has 0 saturated heterocycles. The summed E-state index contributed by atoms with van der Waals surface area (Å²) < 4.78 is 19.2. The summed E-state index contributed by atoms with van der Waals surface area (Å²) in [5, 5.41) is 9.12. The molecular weight excluding hydrogens is 273 g/mol. The van der Waals surface area contributed by atoms with Crippen LogP contribution in [0.1, 0.15) is 18.9 Å². The molecule has 4 N–H and O–H groups in total. The van der Waals surface area contributed by atoms with Crippen molar-refractivity contribution in [1.82, 2.24) is 9.97 Å². The Kier molecular flexibility index (Phi) is 4.18. The highest BCUT2D eigenvalue weighted by atomic mass is 19.1. The average molecular weight is 287 g/mol. The largest absolute Gasteiger partial charge is 0.491 e. The number of rotatable bonds is 4. The third kappa shape index (κ3) is 3.00. The van der Waals surface area contributed by atoms with Crippen LogP contribution in [0.4, 0.5) is 16.2 Å². The molecule has 0 aliphatic carbocycles. The first-order chi connectivity index (χ1) is 10.1. The SMILES string of the molecule is CCCOc1ccc(-c2nc(N)nc(N)c2C#N)cc1F. The van der Waals surface area contributed by atoms with Crippen LogP contribution in [0.2, 0.25) is 0 Å². The molecular formula is C14H14FN5O. The van der Waals surface area contributed by atoms with E-state index in [4.69, 9.17) is 21.5 Å². The van der Waals surface area contributed by atoms with E-state index in [0.29, 0.717) is 12.2 Å². The van der Waals surface area contributed by atoms with Crippen LogP contribution >= 0.6 is 0 Å². The van der Waals surface area contributed by atoms with Crippen molar-refractivity contribution in [2.24, 2.45) is 0 Å². The Balaban J connectivity index is 2.48. The maximum atomic E-state index is 14.0. The number of nitrogens with zero attached hydrogens (tertiary/aromatic N) is 3. The summed E-state index contributed by atoms with van der Waals surface area (Å²) in [7, 11) is 0. The zero-order valence-corrected chi connectivity index (χ0v) is 11.4. The Morgan fingerprint density at radius 1 is 1.33 bits per heavy atom. The zero-order chi connectivity index (χ0) is 15.4. The van der Waals surface area contributed by atoms with Gasteiger partial charge < -0.3 is 16.2 Å². The molecule has 1 aromatic carbocycles. The van der Waals surface area contributed by atoms with E-state index >= 15 is 0 Å². The molecule has 0 spiro atoms. The lowest BCUT2D eigenvalue weighted by Gasteiger charge is -2.09. The molecule has 6 nitrogen and oxygen atoms in total. The Labute approximate surface area is 121 Å². The number of aromatic nitrogens is 2. The highest BCUT2D eigenvalue weighted by Crippen LogP contribution is 2.28. The summed E-state index contributed by atoms with van der Waals surface area (Å²) in [5.74, 6) is -0.505. The molecule has 2 aromatic rings. The van der Waals surface area contributed by atoms with E-state index in [1.165, 1.54) is 12.1 Å². The molecule has 0 aliphatic heterocycles. The van der Waals surface area contributed by atoms with Crippen molar-refractivity contribution in [3.63, 3.8) is 0 Å². The second-order valence-electron chi connectivity index (χ2n) is 4.30. The van der Waals surface area contributed by atoms with Crippen molar-refractivity contribution < 1.29 is 9.13 Å². The fourth-order valence-corrected chi connectivity index (χ4v) is 1.79. The fraction of sp³-hybridized carbons (Fsp3) is 0.214. The predicted molar refractivity (Wildman–Crippen MR) is 76.8 cm³/mol. The van der Waals surface area contributed by atoms with E-state index in [9.17, 15) is 4.39 Å². The van der Waals surface area contributed by atoms with Crippen LogP contribution in [-0.4, -0.2) is 16.6 Å². The van der Waals surface area contributed by atoms with Gasteiger partial charge in [-0.3, -0.25) is 0 Å². The van der Waals surface area contributed by atoms with Gasteiger partial charge >= 0.3 is 0 Å². The number of nitrogen functional groups attached to an aromatic ring is 2. The highest BCUT2D eigenvalue weighted by Gasteiger charge is 2.15. The normalized spacial score (nSPS) is 10.1. The number of nitrogens with two attached hydrogens (primary N) is 2. The van der Waals surface area contributed by atoms with E-state index in [1.54, 1.807) is 6.07 Å². The molecule has 1 heterocycles. The number of nitriles is 1. The lowest BCUT2D eigenvalue weighted by molar-refractivity contribution is 0.301. The molecule has 0 radical (unpaired) electrons. The van der Waals surface area contributed by atoms with Gasteiger partial charge in [0, 0.05) is 5.56 Å².